The molecule has 1 aliphatic heterocycles. The molecule has 0 bridgehead atoms. The second kappa shape index (κ2) is 10.8. The summed E-state index contributed by atoms with van der Waals surface area (Å²) in [5.74, 6) is 0.796. The first kappa shape index (κ1) is 22.6. The van der Waals surface area contributed by atoms with E-state index in [2.05, 4.69) is 50.3 Å². The number of nitrogens with zero attached hydrogens (tertiary/aromatic N) is 2. The van der Waals surface area contributed by atoms with Gasteiger partial charge in [-0.15, -0.1) is 11.3 Å². The van der Waals surface area contributed by atoms with E-state index in [4.69, 9.17) is 4.74 Å². The molecule has 1 saturated heterocycles. The van der Waals surface area contributed by atoms with Gasteiger partial charge in [-0.25, -0.2) is 0 Å². The summed E-state index contributed by atoms with van der Waals surface area (Å²) < 4.78 is 5.70. The normalized spacial score (nSPS) is 19.9. The molecule has 1 aromatic rings. The zero-order valence-corrected chi connectivity index (χ0v) is 18.6. The summed E-state index contributed by atoms with van der Waals surface area (Å²) in [7, 11) is 1.76. The number of carbonyl (C=O) groups excluding carboxylic acids is 1. The lowest BCUT2D eigenvalue weighted by Gasteiger charge is -2.37. The van der Waals surface area contributed by atoms with Crippen molar-refractivity contribution in [3.63, 3.8) is 0 Å². The highest BCUT2D eigenvalue weighted by atomic mass is 32.1. The number of hydrogen-bond acceptors (Lipinski definition) is 5. The Labute approximate surface area is 172 Å². The van der Waals surface area contributed by atoms with E-state index in [0.29, 0.717) is 13.1 Å². The van der Waals surface area contributed by atoms with Crippen LogP contribution in [-0.2, 0) is 9.53 Å². The van der Waals surface area contributed by atoms with Gasteiger partial charge >= 0.3 is 0 Å². The van der Waals surface area contributed by atoms with E-state index < -0.39 is 0 Å². The van der Waals surface area contributed by atoms with Crippen molar-refractivity contribution in [1.29, 1.82) is 0 Å². The Bertz CT molecular complexity index is 627. The zero-order valence-electron chi connectivity index (χ0n) is 17.7. The monoisotopic (exact) mass is 409 g/mol. The molecule has 2 heterocycles. The van der Waals surface area contributed by atoms with E-state index in [1.807, 2.05) is 20.8 Å². The maximum Gasteiger partial charge on any atom is 0.225 e. The standard InChI is InChI=1S/C20H35N5O2S/c1-15-14-25(10-11-27-15)16(17-7-6-12-28-17)13-24-19(21-5)23-9-8-22-18(26)20(2,3)4/h6-7,12,15-16H,8-11,13-14H2,1-5H3,(H,22,26)(H2,21,23,24). The molecule has 0 saturated carbocycles. The van der Waals surface area contributed by atoms with Crippen molar-refractivity contribution in [2.45, 2.75) is 39.8 Å². The highest BCUT2D eigenvalue weighted by Crippen LogP contribution is 2.26. The quantitative estimate of drug-likeness (QED) is 0.364. The number of hydrogen-bond donors (Lipinski definition) is 3. The molecule has 8 heteroatoms. The number of carbonyl (C=O) groups is 1. The van der Waals surface area contributed by atoms with Crippen LogP contribution in [0.15, 0.2) is 22.5 Å². The van der Waals surface area contributed by atoms with E-state index in [1.54, 1.807) is 18.4 Å². The minimum Gasteiger partial charge on any atom is -0.376 e. The number of morpholine rings is 1. The predicted octanol–water partition coefficient (Wildman–Crippen LogP) is 1.84. The maximum absolute atomic E-state index is 11.9. The van der Waals surface area contributed by atoms with Gasteiger partial charge in [0, 0.05) is 50.1 Å². The van der Waals surface area contributed by atoms with Gasteiger partial charge in [0.2, 0.25) is 5.91 Å². The molecule has 28 heavy (non-hydrogen) atoms. The third-order valence-electron chi connectivity index (χ3n) is 4.66. The number of thiophene rings is 1. The summed E-state index contributed by atoms with van der Waals surface area (Å²) in [6, 6.07) is 4.57. The number of nitrogens with one attached hydrogen (secondary N) is 3. The van der Waals surface area contributed by atoms with Crippen LogP contribution >= 0.6 is 11.3 Å². The van der Waals surface area contributed by atoms with Gasteiger partial charge in [0.15, 0.2) is 5.96 Å². The molecule has 1 aliphatic rings. The molecule has 1 fully saturated rings. The number of rotatable bonds is 7. The zero-order chi connectivity index (χ0) is 20.6. The summed E-state index contributed by atoms with van der Waals surface area (Å²) in [5.41, 5.74) is -0.372. The maximum atomic E-state index is 11.9. The Hall–Kier alpha value is -1.64. The summed E-state index contributed by atoms with van der Waals surface area (Å²) in [5, 5.41) is 11.8. The first-order valence-electron chi connectivity index (χ1n) is 9.93. The van der Waals surface area contributed by atoms with Gasteiger partial charge in [0.05, 0.1) is 18.8 Å². The molecule has 3 N–H and O–H groups in total. The fourth-order valence-corrected chi connectivity index (χ4v) is 3.92. The average molecular weight is 410 g/mol. The van der Waals surface area contributed by atoms with Gasteiger partial charge in [0.25, 0.3) is 0 Å². The van der Waals surface area contributed by atoms with Crippen LogP contribution in [-0.4, -0.2) is 69.2 Å². The smallest absolute Gasteiger partial charge is 0.225 e. The number of amides is 1. The van der Waals surface area contributed by atoms with Crippen LogP contribution in [0.3, 0.4) is 0 Å². The minimum absolute atomic E-state index is 0.0523. The Morgan fingerprint density at radius 2 is 2.11 bits per heavy atom. The van der Waals surface area contributed by atoms with Crippen LogP contribution in [0.1, 0.15) is 38.6 Å². The Morgan fingerprint density at radius 1 is 1.36 bits per heavy atom. The van der Waals surface area contributed by atoms with Gasteiger partial charge in [0.1, 0.15) is 0 Å². The first-order valence-corrected chi connectivity index (χ1v) is 10.8. The van der Waals surface area contributed by atoms with Crippen LogP contribution in [0, 0.1) is 5.41 Å². The van der Waals surface area contributed by atoms with Gasteiger partial charge in [-0.05, 0) is 18.4 Å². The second-order valence-electron chi connectivity index (χ2n) is 8.09. The van der Waals surface area contributed by atoms with Crippen molar-refractivity contribution < 1.29 is 9.53 Å². The largest absolute Gasteiger partial charge is 0.376 e. The topological polar surface area (TPSA) is 78.0 Å². The summed E-state index contributed by atoms with van der Waals surface area (Å²) in [6.45, 7) is 12.4. The van der Waals surface area contributed by atoms with Crippen LogP contribution in [0.4, 0.5) is 0 Å². The van der Waals surface area contributed by atoms with Gasteiger partial charge < -0.3 is 20.7 Å². The van der Waals surface area contributed by atoms with Crippen LogP contribution in [0.25, 0.3) is 0 Å². The van der Waals surface area contributed by atoms with Crippen molar-refractivity contribution in [1.82, 2.24) is 20.9 Å². The Morgan fingerprint density at radius 3 is 2.71 bits per heavy atom. The van der Waals surface area contributed by atoms with E-state index in [1.165, 1.54) is 4.88 Å². The highest BCUT2D eigenvalue weighted by molar-refractivity contribution is 7.10. The van der Waals surface area contributed by atoms with Crippen molar-refractivity contribution >= 4 is 23.2 Å². The molecule has 0 aliphatic carbocycles. The van der Waals surface area contributed by atoms with Gasteiger partial charge in [-0.2, -0.15) is 0 Å². The van der Waals surface area contributed by atoms with Gasteiger partial charge in [-0.1, -0.05) is 26.8 Å². The van der Waals surface area contributed by atoms with Crippen LogP contribution < -0.4 is 16.0 Å². The highest BCUT2D eigenvalue weighted by Gasteiger charge is 2.26. The molecule has 2 rings (SSSR count). The summed E-state index contributed by atoms with van der Waals surface area (Å²) >= 11 is 1.78. The molecule has 158 valence electrons. The van der Waals surface area contributed by atoms with Crippen LogP contribution in [0.5, 0.6) is 0 Å². The lowest BCUT2D eigenvalue weighted by Crippen LogP contribution is -2.48. The SMILES string of the molecule is CN=C(NCCNC(=O)C(C)(C)C)NCC(c1cccs1)N1CCOC(C)C1. The lowest BCUT2D eigenvalue weighted by atomic mass is 9.96. The molecular formula is C20H35N5O2S. The molecular weight excluding hydrogens is 374 g/mol. The molecule has 1 aromatic heterocycles. The lowest BCUT2D eigenvalue weighted by molar-refractivity contribution is -0.128. The average Bonchev–Trinajstić information content (AvgIpc) is 3.17. The number of aliphatic imine (C=N–C) groups is 1. The molecule has 1 amide bonds. The van der Waals surface area contributed by atoms with Crippen molar-refractivity contribution in [3.05, 3.63) is 22.4 Å². The number of guanidine groups is 1. The van der Waals surface area contributed by atoms with Crippen molar-refractivity contribution in [3.8, 4) is 0 Å². The molecule has 2 unspecified atom stereocenters. The molecule has 2 atom stereocenters. The summed E-state index contributed by atoms with van der Waals surface area (Å²) in [6.07, 6.45) is 0.250. The molecule has 0 aromatic carbocycles. The minimum atomic E-state index is -0.372. The predicted molar refractivity (Wildman–Crippen MR) is 116 cm³/mol. The third kappa shape index (κ3) is 7.07. The number of ether oxygens (including phenoxy) is 1. The fraction of sp³-hybridized carbons (Fsp3) is 0.700. The van der Waals surface area contributed by atoms with E-state index >= 15 is 0 Å². The Kier molecular flexibility index (Phi) is 8.72. The Balaban J connectivity index is 1.84. The van der Waals surface area contributed by atoms with E-state index in [-0.39, 0.29) is 23.5 Å². The van der Waals surface area contributed by atoms with Crippen molar-refractivity contribution in [2.24, 2.45) is 10.4 Å². The summed E-state index contributed by atoms with van der Waals surface area (Å²) in [4.78, 5) is 20.1. The molecule has 7 nitrogen and oxygen atoms in total. The molecule has 0 radical (unpaired) electrons. The second-order valence-corrected chi connectivity index (χ2v) is 9.07. The fourth-order valence-electron chi connectivity index (χ4n) is 3.06. The van der Waals surface area contributed by atoms with Crippen molar-refractivity contribution in [2.75, 3.05) is 46.4 Å². The molecule has 0 spiro atoms. The van der Waals surface area contributed by atoms with E-state index in [0.717, 1.165) is 32.2 Å². The van der Waals surface area contributed by atoms with Crippen LogP contribution in [0.2, 0.25) is 0 Å². The third-order valence-corrected chi connectivity index (χ3v) is 5.63. The van der Waals surface area contributed by atoms with E-state index in [9.17, 15) is 4.79 Å². The first-order chi connectivity index (χ1) is 13.3. The van der Waals surface area contributed by atoms with Gasteiger partial charge in [-0.3, -0.25) is 14.7 Å².